The lowest BCUT2D eigenvalue weighted by atomic mass is 10.0. The smallest absolute Gasteiger partial charge is 0.335 e. The molecule has 9 heteroatoms. The van der Waals surface area contributed by atoms with Gasteiger partial charge < -0.3 is 20.6 Å². The van der Waals surface area contributed by atoms with Crippen molar-refractivity contribution in [1.82, 2.24) is 14.7 Å². The van der Waals surface area contributed by atoms with E-state index in [1.165, 1.54) is 6.07 Å². The number of piperazine rings is 1. The molecule has 2 amide bonds. The van der Waals surface area contributed by atoms with Crippen molar-refractivity contribution in [3.8, 4) is 6.07 Å². The van der Waals surface area contributed by atoms with Gasteiger partial charge in [-0.3, -0.25) is 14.5 Å². The van der Waals surface area contributed by atoms with Crippen molar-refractivity contribution >= 4 is 17.8 Å². The van der Waals surface area contributed by atoms with Crippen LogP contribution < -0.4 is 5.73 Å². The topological polar surface area (TPSA) is 131 Å². The first-order chi connectivity index (χ1) is 15.3. The van der Waals surface area contributed by atoms with Crippen LogP contribution in [0.5, 0.6) is 0 Å². The molecule has 0 radical (unpaired) electrons. The maximum Gasteiger partial charge on any atom is 0.335 e. The number of aromatic carboxylic acids is 1. The highest BCUT2D eigenvalue weighted by molar-refractivity contribution is 5.89. The van der Waals surface area contributed by atoms with E-state index in [2.05, 4.69) is 6.07 Å². The van der Waals surface area contributed by atoms with Crippen molar-refractivity contribution in [3.05, 3.63) is 35.4 Å². The van der Waals surface area contributed by atoms with Crippen molar-refractivity contribution in [1.29, 1.82) is 5.26 Å². The van der Waals surface area contributed by atoms with E-state index in [4.69, 9.17) is 5.73 Å². The lowest BCUT2D eigenvalue weighted by molar-refractivity contribution is -0.141. The highest BCUT2D eigenvalue weighted by Crippen LogP contribution is 2.48. The molecule has 7 atom stereocenters. The van der Waals surface area contributed by atoms with Crippen LogP contribution in [0.3, 0.4) is 0 Å². The quantitative estimate of drug-likeness (QED) is 0.665. The number of hydrogen-bond acceptors (Lipinski definition) is 6. The van der Waals surface area contributed by atoms with Crippen molar-refractivity contribution in [3.63, 3.8) is 0 Å². The molecule has 1 aliphatic carbocycles. The largest absolute Gasteiger partial charge is 0.478 e. The van der Waals surface area contributed by atoms with E-state index in [0.717, 1.165) is 18.4 Å². The SMILES string of the molecule is C[C@@H](c1cccc(C(=O)O)c1)N1C(=O)[C@@H]2C[C@H]1CN2C[C@H](N)C(=O)N1[C@H](C#N)C[C@@H]2C[C@@H]21. The van der Waals surface area contributed by atoms with E-state index < -0.39 is 12.0 Å². The second-order valence-corrected chi connectivity index (χ2v) is 9.51. The molecule has 1 aromatic carbocycles. The van der Waals surface area contributed by atoms with Crippen molar-refractivity contribution in [2.45, 2.75) is 62.4 Å². The summed E-state index contributed by atoms with van der Waals surface area (Å²) in [5.74, 6) is -0.748. The summed E-state index contributed by atoms with van der Waals surface area (Å²) in [6.07, 6.45) is 2.37. The van der Waals surface area contributed by atoms with Crippen LogP contribution >= 0.6 is 0 Å². The molecule has 9 nitrogen and oxygen atoms in total. The monoisotopic (exact) mass is 437 g/mol. The Labute approximate surface area is 186 Å². The highest BCUT2D eigenvalue weighted by atomic mass is 16.4. The summed E-state index contributed by atoms with van der Waals surface area (Å²) in [6.45, 7) is 2.85. The highest BCUT2D eigenvalue weighted by Gasteiger charge is 2.56. The Kier molecular flexibility index (Phi) is 4.95. The molecular formula is C23H27N5O4. The van der Waals surface area contributed by atoms with Crippen LogP contribution in [0.25, 0.3) is 0 Å². The van der Waals surface area contributed by atoms with Gasteiger partial charge in [0, 0.05) is 25.2 Å². The van der Waals surface area contributed by atoms with Gasteiger partial charge in [0.05, 0.1) is 29.8 Å². The summed E-state index contributed by atoms with van der Waals surface area (Å²) in [6, 6.07) is 7.39. The molecule has 1 aromatic rings. The molecule has 1 saturated carbocycles. The van der Waals surface area contributed by atoms with Crippen LogP contribution in [0.2, 0.25) is 0 Å². The molecule has 4 fully saturated rings. The number of nitrogens with two attached hydrogens (primary N) is 1. The van der Waals surface area contributed by atoms with Gasteiger partial charge in [-0.05, 0) is 49.8 Å². The summed E-state index contributed by atoms with van der Waals surface area (Å²) in [5, 5.41) is 18.6. The fraction of sp³-hybridized carbons (Fsp3) is 0.565. The number of carbonyl (C=O) groups excluding carboxylic acids is 2. The third kappa shape index (κ3) is 3.26. The minimum atomic E-state index is -0.993. The second kappa shape index (κ2) is 7.57. The van der Waals surface area contributed by atoms with Gasteiger partial charge in [0.1, 0.15) is 6.04 Å². The van der Waals surface area contributed by atoms with Crippen molar-refractivity contribution in [2.75, 3.05) is 13.1 Å². The first-order valence-electron chi connectivity index (χ1n) is 11.2. The molecule has 3 saturated heterocycles. The number of piperidine rings is 1. The zero-order chi connectivity index (χ0) is 22.7. The Balaban J connectivity index is 1.24. The minimum Gasteiger partial charge on any atom is -0.478 e. The molecule has 5 rings (SSSR count). The van der Waals surface area contributed by atoms with Crippen LogP contribution in [-0.4, -0.2) is 80.9 Å². The normalized spacial score (nSPS) is 32.5. The summed E-state index contributed by atoms with van der Waals surface area (Å²) < 4.78 is 0. The number of carboxylic acids is 1. The van der Waals surface area contributed by atoms with Gasteiger partial charge in [-0.15, -0.1) is 0 Å². The number of carbonyl (C=O) groups is 3. The summed E-state index contributed by atoms with van der Waals surface area (Å²) >= 11 is 0. The maximum absolute atomic E-state index is 13.2. The number of likely N-dealkylation sites (tertiary alicyclic amines) is 3. The number of amides is 2. The van der Waals surface area contributed by atoms with Gasteiger partial charge in [0.2, 0.25) is 11.8 Å². The molecule has 3 N–H and O–H groups in total. The van der Waals surface area contributed by atoms with E-state index in [1.807, 2.05) is 22.8 Å². The molecule has 168 valence electrons. The lowest BCUT2D eigenvalue weighted by Crippen LogP contribution is -2.57. The van der Waals surface area contributed by atoms with Crippen LogP contribution in [-0.2, 0) is 9.59 Å². The fourth-order valence-electron chi connectivity index (χ4n) is 5.90. The Morgan fingerprint density at radius 3 is 2.78 bits per heavy atom. The Morgan fingerprint density at radius 2 is 2.09 bits per heavy atom. The molecular weight excluding hydrogens is 410 g/mol. The van der Waals surface area contributed by atoms with Gasteiger partial charge in [0.15, 0.2) is 0 Å². The fourth-order valence-corrected chi connectivity index (χ4v) is 5.90. The average Bonchev–Trinajstić information content (AvgIpc) is 3.11. The molecule has 3 heterocycles. The van der Waals surface area contributed by atoms with Crippen LogP contribution in [0.4, 0.5) is 0 Å². The number of nitriles is 1. The number of benzene rings is 1. The van der Waals surface area contributed by atoms with E-state index in [9.17, 15) is 24.8 Å². The van der Waals surface area contributed by atoms with Crippen molar-refractivity contribution < 1.29 is 19.5 Å². The molecule has 3 aliphatic heterocycles. The van der Waals surface area contributed by atoms with E-state index in [0.29, 0.717) is 25.4 Å². The minimum absolute atomic E-state index is 0.00439. The summed E-state index contributed by atoms with van der Waals surface area (Å²) in [4.78, 5) is 42.9. The van der Waals surface area contributed by atoms with Gasteiger partial charge >= 0.3 is 5.97 Å². The van der Waals surface area contributed by atoms with E-state index in [1.54, 1.807) is 17.0 Å². The van der Waals surface area contributed by atoms with Crippen LogP contribution in [0.1, 0.15) is 48.1 Å². The predicted octanol–water partition coefficient (Wildman–Crippen LogP) is 0.571. The second-order valence-electron chi connectivity index (χ2n) is 9.51. The van der Waals surface area contributed by atoms with Gasteiger partial charge in [-0.25, -0.2) is 4.79 Å². The van der Waals surface area contributed by atoms with Gasteiger partial charge in [-0.2, -0.15) is 5.26 Å². The summed E-state index contributed by atoms with van der Waals surface area (Å²) in [5.41, 5.74) is 7.25. The average molecular weight is 438 g/mol. The van der Waals surface area contributed by atoms with Gasteiger partial charge in [0.25, 0.3) is 0 Å². The Hall–Kier alpha value is -2.96. The third-order valence-corrected chi connectivity index (χ3v) is 7.60. The molecule has 2 bridgehead atoms. The maximum atomic E-state index is 13.2. The first kappa shape index (κ1) is 20.9. The van der Waals surface area contributed by atoms with E-state index in [-0.39, 0.29) is 47.6 Å². The molecule has 0 spiro atoms. The number of fused-ring (bicyclic) bond motifs is 3. The Morgan fingerprint density at radius 1 is 1.31 bits per heavy atom. The van der Waals surface area contributed by atoms with Crippen LogP contribution in [0, 0.1) is 17.2 Å². The van der Waals surface area contributed by atoms with E-state index >= 15 is 0 Å². The summed E-state index contributed by atoms with van der Waals surface area (Å²) in [7, 11) is 0. The number of rotatable bonds is 6. The standard InChI is InChI=1S/C23H27N5O4/c1-12(13-3-2-4-14(5-13)23(31)32)27-17-8-20(22(27)30)26(10-17)11-18(25)21(29)28-16(9-24)6-15-7-19(15)28/h2-5,12,15-20H,6-8,10-11,25H2,1H3,(H,31,32)/t12-,15+,16-,17-,18-,19-,20-/m0/s1. The lowest BCUT2D eigenvalue weighted by Gasteiger charge is -2.38. The number of carboxylic acid groups (broad SMARTS) is 1. The van der Waals surface area contributed by atoms with Crippen molar-refractivity contribution in [2.24, 2.45) is 11.7 Å². The molecule has 0 unspecified atom stereocenters. The van der Waals surface area contributed by atoms with Gasteiger partial charge in [-0.1, -0.05) is 12.1 Å². The number of nitrogens with zero attached hydrogens (tertiary/aromatic N) is 4. The predicted molar refractivity (Wildman–Crippen MR) is 113 cm³/mol. The Bertz CT molecular complexity index is 1020. The molecule has 0 aromatic heterocycles. The first-order valence-corrected chi connectivity index (χ1v) is 11.2. The zero-order valence-electron chi connectivity index (χ0n) is 17.9. The van der Waals surface area contributed by atoms with Crippen LogP contribution in [0.15, 0.2) is 24.3 Å². The third-order valence-electron chi connectivity index (χ3n) is 7.60. The molecule has 32 heavy (non-hydrogen) atoms. The number of hydrogen-bond donors (Lipinski definition) is 2. The molecule has 4 aliphatic rings. The zero-order valence-corrected chi connectivity index (χ0v) is 17.9.